The predicted molar refractivity (Wildman–Crippen MR) is 113 cm³/mol. The Morgan fingerprint density at radius 3 is 2.06 bits per heavy atom. The molecule has 166 valence electrons. The summed E-state index contributed by atoms with van der Waals surface area (Å²) < 4.78 is 69.4. The lowest BCUT2D eigenvalue weighted by Crippen LogP contribution is -2.21. The normalized spacial score (nSPS) is 10.1. The minimum Gasteiger partial charge on any atom is -0.465 e. The van der Waals surface area contributed by atoms with E-state index in [-0.39, 0.29) is 5.56 Å². The summed E-state index contributed by atoms with van der Waals surface area (Å²) in [5.74, 6) is 19.4. The number of carbonyl (C=O) groups excluding carboxylic acids is 1. The van der Waals surface area contributed by atoms with Gasteiger partial charge in [0.2, 0.25) is 0 Å². The van der Waals surface area contributed by atoms with Crippen molar-refractivity contribution in [2.75, 3.05) is 13.7 Å². The lowest BCUT2D eigenvalue weighted by Gasteiger charge is -2.09. The van der Waals surface area contributed by atoms with E-state index < -0.39 is 33.8 Å². The molecule has 0 unspecified atom stereocenters. The molecule has 0 aliphatic heterocycles. The molecule has 2 aromatic carbocycles. The third kappa shape index (κ3) is 8.48. The van der Waals surface area contributed by atoms with Crippen molar-refractivity contribution in [3.63, 3.8) is 0 Å². The van der Waals surface area contributed by atoms with E-state index in [0.29, 0.717) is 11.1 Å². The monoisotopic (exact) mass is 470 g/mol. The van der Waals surface area contributed by atoms with Gasteiger partial charge in [0.15, 0.2) is 6.61 Å². The standard InChI is InChI=1S/C24H13F3O5S/c1-31-23(28)21-16-14-19(15-17-21)10-6-4-2-3-5-7-11-20-12-8-9-13-22(20)33(29,30)32-18-24(25,26)27/h8-9,12-17H,18H2,1H3. The molecule has 2 aromatic rings. The Kier molecular flexibility index (Phi) is 8.72. The Morgan fingerprint density at radius 1 is 0.879 bits per heavy atom. The van der Waals surface area contributed by atoms with Crippen LogP contribution in [-0.4, -0.2) is 34.3 Å². The van der Waals surface area contributed by atoms with Crippen molar-refractivity contribution in [1.29, 1.82) is 0 Å². The van der Waals surface area contributed by atoms with Gasteiger partial charge in [-0.25, -0.2) is 4.79 Å². The first-order chi connectivity index (χ1) is 15.6. The van der Waals surface area contributed by atoms with Crippen LogP contribution in [0.5, 0.6) is 0 Å². The first-order valence-corrected chi connectivity index (χ1v) is 10.3. The van der Waals surface area contributed by atoms with E-state index in [1.165, 1.54) is 25.3 Å². The molecule has 0 N–H and O–H groups in total. The van der Waals surface area contributed by atoms with Crippen LogP contribution in [0.3, 0.4) is 0 Å². The number of methoxy groups -OCH3 is 1. The van der Waals surface area contributed by atoms with Crippen LogP contribution < -0.4 is 0 Å². The van der Waals surface area contributed by atoms with Crippen molar-refractivity contribution in [1.82, 2.24) is 0 Å². The number of alkyl halides is 3. The lowest BCUT2D eigenvalue weighted by molar-refractivity contribution is -0.152. The number of rotatable bonds is 4. The summed E-state index contributed by atoms with van der Waals surface area (Å²) in [7, 11) is -3.37. The van der Waals surface area contributed by atoms with Gasteiger partial charge in [-0.1, -0.05) is 24.0 Å². The van der Waals surface area contributed by atoms with E-state index in [2.05, 4.69) is 56.3 Å². The Balaban J connectivity index is 2.07. The Morgan fingerprint density at radius 2 is 1.45 bits per heavy atom. The van der Waals surface area contributed by atoms with Crippen LogP contribution in [0.25, 0.3) is 0 Å². The molecular weight excluding hydrogens is 457 g/mol. The van der Waals surface area contributed by atoms with Gasteiger partial charge in [-0.3, -0.25) is 4.18 Å². The van der Waals surface area contributed by atoms with Crippen LogP contribution in [-0.2, 0) is 19.0 Å². The first kappa shape index (κ1) is 25.1. The van der Waals surface area contributed by atoms with E-state index >= 15 is 0 Å². The summed E-state index contributed by atoms with van der Waals surface area (Å²) in [4.78, 5) is 10.8. The zero-order chi connectivity index (χ0) is 24.3. The van der Waals surface area contributed by atoms with Crippen molar-refractivity contribution in [3.8, 4) is 47.4 Å². The molecule has 0 aromatic heterocycles. The lowest BCUT2D eigenvalue weighted by atomic mass is 10.1. The van der Waals surface area contributed by atoms with E-state index in [1.54, 1.807) is 24.3 Å². The van der Waals surface area contributed by atoms with Crippen LogP contribution >= 0.6 is 0 Å². The van der Waals surface area contributed by atoms with E-state index in [4.69, 9.17) is 0 Å². The molecule has 0 aliphatic rings. The van der Waals surface area contributed by atoms with Crippen molar-refractivity contribution >= 4 is 16.1 Å². The Labute approximate surface area is 189 Å². The SMILES string of the molecule is COC(=O)c1ccc(C#CC#CC#CC#Cc2ccccc2S(=O)(=O)OCC(F)(F)F)cc1. The summed E-state index contributed by atoms with van der Waals surface area (Å²) in [5.41, 5.74) is 0.937. The summed E-state index contributed by atoms with van der Waals surface area (Å²) in [6.45, 7) is -1.94. The third-order valence-electron chi connectivity index (χ3n) is 3.56. The van der Waals surface area contributed by atoms with Gasteiger partial charge < -0.3 is 4.74 Å². The quantitative estimate of drug-likeness (QED) is 0.390. The minimum absolute atomic E-state index is 0.0721. The smallest absolute Gasteiger partial charge is 0.413 e. The van der Waals surface area contributed by atoms with Gasteiger partial charge in [0.25, 0.3) is 10.1 Å². The van der Waals surface area contributed by atoms with Gasteiger partial charge in [0.1, 0.15) is 4.90 Å². The maximum atomic E-state index is 12.3. The van der Waals surface area contributed by atoms with E-state index in [9.17, 15) is 26.4 Å². The van der Waals surface area contributed by atoms with Gasteiger partial charge in [0, 0.05) is 11.1 Å². The van der Waals surface area contributed by atoms with Crippen LogP contribution in [0.2, 0.25) is 0 Å². The van der Waals surface area contributed by atoms with Gasteiger partial charge in [0.05, 0.1) is 12.7 Å². The fraction of sp³-hybridized carbons (Fsp3) is 0.125. The highest BCUT2D eigenvalue weighted by Crippen LogP contribution is 2.21. The fourth-order valence-electron chi connectivity index (χ4n) is 2.13. The number of carbonyl (C=O) groups is 1. The molecule has 0 amide bonds. The molecule has 0 bridgehead atoms. The van der Waals surface area contributed by atoms with Gasteiger partial charge in [-0.15, -0.1) is 0 Å². The Bertz CT molecular complexity index is 1380. The highest BCUT2D eigenvalue weighted by molar-refractivity contribution is 7.86. The highest BCUT2D eigenvalue weighted by Gasteiger charge is 2.32. The maximum Gasteiger partial charge on any atom is 0.413 e. The van der Waals surface area contributed by atoms with Crippen LogP contribution in [0.4, 0.5) is 13.2 Å². The third-order valence-corrected chi connectivity index (χ3v) is 4.88. The second-order valence-corrected chi connectivity index (χ2v) is 7.48. The van der Waals surface area contributed by atoms with Gasteiger partial charge in [-0.2, -0.15) is 21.6 Å². The molecule has 0 atom stereocenters. The first-order valence-electron chi connectivity index (χ1n) is 8.88. The van der Waals surface area contributed by atoms with Crippen LogP contribution in [0, 0.1) is 47.4 Å². The molecule has 0 spiro atoms. The zero-order valence-electron chi connectivity index (χ0n) is 16.9. The number of halogens is 3. The molecule has 9 heteroatoms. The second-order valence-electron chi connectivity index (χ2n) is 5.90. The number of hydrogen-bond acceptors (Lipinski definition) is 5. The molecule has 0 saturated carbocycles. The van der Waals surface area contributed by atoms with Crippen molar-refractivity contribution in [2.24, 2.45) is 0 Å². The predicted octanol–water partition coefficient (Wildman–Crippen LogP) is 3.15. The number of hydrogen-bond donors (Lipinski definition) is 0. The largest absolute Gasteiger partial charge is 0.465 e. The molecule has 0 radical (unpaired) electrons. The maximum absolute atomic E-state index is 12.3. The molecule has 0 aliphatic carbocycles. The highest BCUT2D eigenvalue weighted by atomic mass is 32.2. The topological polar surface area (TPSA) is 69.7 Å². The molecule has 0 fully saturated rings. The minimum atomic E-state index is -4.80. The molecular formula is C24H13F3O5S. The summed E-state index contributed by atoms with van der Waals surface area (Å²) in [6.07, 6.45) is -4.80. The number of ether oxygens (including phenoxy) is 1. The van der Waals surface area contributed by atoms with Gasteiger partial charge in [-0.05, 0) is 71.9 Å². The van der Waals surface area contributed by atoms with Crippen LogP contribution in [0.1, 0.15) is 21.5 Å². The molecule has 2 rings (SSSR count). The van der Waals surface area contributed by atoms with Crippen molar-refractivity contribution in [3.05, 3.63) is 65.2 Å². The van der Waals surface area contributed by atoms with Gasteiger partial charge >= 0.3 is 12.1 Å². The van der Waals surface area contributed by atoms with Crippen LogP contribution in [0.15, 0.2) is 53.4 Å². The van der Waals surface area contributed by atoms with Crippen molar-refractivity contribution in [2.45, 2.75) is 11.1 Å². The molecule has 0 heterocycles. The molecule has 5 nitrogen and oxygen atoms in total. The summed E-state index contributed by atoms with van der Waals surface area (Å²) >= 11 is 0. The summed E-state index contributed by atoms with van der Waals surface area (Å²) in [6, 6.07) is 11.6. The fourth-order valence-corrected chi connectivity index (χ4v) is 3.18. The van der Waals surface area contributed by atoms with E-state index in [1.807, 2.05) is 0 Å². The van der Waals surface area contributed by atoms with E-state index in [0.717, 1.165) is 6.07 Å². The molecule has 0 saturated heterocycles. The summed E-state index contributed by atoms with van der Waals surface area (Å²) in [5, 5.41) is 0. The number of esters is 1. The average molecular weight is 470 g/mol. The average Bonchev–Trinajstić information content (AvgIpc) is 2.79. The van der Waals surface area contributed by atoms with Crippen molar-refractivity contribution < 1.29 is 35.3 Å². The second kappa shape index (κ2) is 11.5. The molecule has 33 heavy (non-hydrogen) atoms. The Hall–Kier alpha value is -4.15. The zero-order valence-corrected chi connectivity index (χ0v) is 17.7. The number of benzene rings is 2.